The molecule has 0 spiro atoms. The molecule has 0 saturated carbocycles. The highest BCUT2D eigenvalue weighted by molar-refractivity contribution is 5.71. The lowest BCUT2D eigenvalue weighted by molar-refractivity contribution is -0.140. The van der Waals surface area contributed by atoms with E-state index >= 15 is 0 Å². The lowest BCUT2D eigenvalue weighted by Crippen LogP contribution is -2.19. The molecular weight excluding hydrogens is 438 g/mol. The fourth-order valence-corrected chi connectivity index (χ4v) is 3.23. The van der Waals surface area contributed by atoms with Gasteiger partial charge in [0, 0.05) is 23.4 Å². The van der Waals surface area contributed by atoms with E-state index in [1.165, 1.54) is 24.3 Å². The van der Waals surface area contributed by atoms with Gasteiger partial charge in [-0.25, -0.2) is 4.98 Å². The Morgan fingerprint density at radius 3 is 2.19 bits per heavy atom. The highest BCUT2D eigenvalue weighted by Gasteiger charge is 2.36. The Kier molecular flexibility index (Phi) is 4.99. The minimum Gasteiger partial charge on any atom is -0.267 e. The number of benzene rings is 1. The summed E-state index contributed by atoms with van der Waals surface area (Å²) in [4.78, 5) is 20.0. The van der Waals surface area contributed by atoms with Crippen molar-refractivity contribution in [3.05, 3.63) is 82.0 Å². The largest absolute Gasteiger partial charge is 0.434 e. The maximum atomic E-state index is 13.3. The smallest absolute Gasteiger partial charge is 0.267 e. The van der Waals surface area contributed by atoms with Gasteiger partial charge >= 0.3 is 12.4 Å². The number of hydrogen-bond donors (Lipinski definition) is 0. The summed E-state index contributed by atoms with van der Waals surface area (Å²) in [5, 5.41) is 4.11. The van der Waals surface area contributed by atoms with E-state index in [4.69, 9.17) is 0 Å². The quantitative estimate of drug-likeness (QED) is 0.396. The van der Waals surface area contributed by atoms with Gasteiger partial charge < -0.3 is 0 Å². The molecule has 0 radical (unpaired) electrons. The Balaban J connectivity index is 1.89. The van der Waals surface area contributed by atoms with Crippen LogP contribution in [0.4, 0.5) is 26.3 Å². The SMILES string of the molecule is Cc1nn2c(=O)cc(-c3cccnc3C(F)(F)F)nc2cc1-c1ccc(C(F)(F)F)cc1. The Morgan fingerprint density at radius 2 is 1.56 bits per heavy atom. The van der Waals surface area contributed by atoms with Crippen molar-refractivity contribution in [2.75, 3.05) is 0 Å². The maximum Gasteiger partial charge on any atom is 0.434 e. The van der Waals surface area contributed by atoms with Crippen molar-refractivity contribution >= 4 is 5.65 Å². The van der Waals surface area contributed by atoms with E-state index in [0.29, 0.717) is 16.8 Å². The molecule has 5 nitrogen and oxygen atoms in total. The Labute approximate surface area is 176 Å². The van der Waals surface area contributed by atoms with Crippen molar-refractivity contribution in [1.29, 1.82) is 0 Å². The first-order chi connectivity index (χ1) is 14.9. The number of hydrogen-bond acceptors (Lipinski definition) is 4. The lowest BCUT2D eigenvalue weighted by Gasteiger charge is -2.13. The van der Waals surface area contributed by atoms with Gasteiger partial charge in [0.25, 0.3) is 5.56 Å². The average Bonchev–Trinajstić information content (AvgIpc) is 2.72. The van der Waals surface area contributed by atoms with Crippen LogP contribution in [0.3, 0.4) is 0 Å². The van der Waals surface area contributed by atoms with Crippen molar-refractivity contribution in [2.45, 2.75) is 19.3 Å². The second-order valence-corrected chi connectivity index (χ2v) is 6.87. The van der Waals surface area contributed by atoms with Gasteiger partial charge in [-0.3, -0.25) is 9.78 Å². The number of alkyl halides is 6. The fourth-order valence-electron chi connectivity index (χ4n) is 3.23. The molecule has 0 aliphatic rings. The molecular formula is C21H12F6N4O. The molecule has 0 amide bonds. The standard InChI is InChI=1S/C21H12F6N4O/c1-11-15(12-4-6-13(7-5-12)20(22,23)24)9-17-29-16(10-18(32)31(17)30-11)14-3-2-8-28-19(14)21(25,26)27/h2-10H,1H3. The fraction of sp³-hybridized carbons (Fsp3) is 0.143. The Hall–Kier alpha value is -3.76. The first kappa shape index (κ1) is 21.5. The molecule has 11 heteroatoms. The van der Waals surface area contributed by atoms with Crippen LogP contribution >= 0.6 is 0 Å². The summed E-state index contributed by atoms with van der Waals surface area (Å²) in [6.45, 7) is 1.55. The van der Waals surface area contributed by atoms with Gasteiger partial charge in [-0.1, -0.05) is 12.1 Å². The average molecular weight is 450 g/mol. The van der Waals surface area contributed by atoms with Gasteiger partial charge in [-0.15, -0.1) is 0 Å². The van der Waals surface area contributed by atoms with Crippen LogP contribution in [0.15, 0.2) is 59.5 Å². The third kappa shape index (κ3) is 3.93. The number of pyridine rings is 1. The van der Waals surface area contributed by atoms with Crippen LogP contribution in [0.25, 0.3) is 28.0 Å². The predicted octanol–water partition coefficient (Wildman–Crippen LogP) is 5.16. The molecule has 164 valence electrons. The topological polar surface area (TPSA) is 60.2 Å². The minimum atomic E-state index is -4.76. The number of aryl methyl sites for hydroxylation is 1. The van der Waals surface area contributed by atoms with Crippen LogP contribution in [0.2, 0.25) is 0 Å². The molecule has 4 rings (SSSR count). The van der Waals surface area contributed by atoms with E-state index in [1.807, 2.05) is 0 Å². The van der Waals surface area contributed by atoms with E-state index in [0.717, 1.165) is 35.0 Å². The normalized spacial score (nSPS) is 12.3. The Bertz CT molecular complexity index is 1370. The molecule has 0 atom stereocenters. The summed E-state index contributed by atoms with van der Waals surface area (Å²) in [6, 6.07) is 9.04. The zero-order valence-electron chi connectivity index (χ0n) is 16.2. The monoisotopic (exact) mass is 450 g/mol. The van der Waals surface area contributed by atoms with E-state index in [2.05, 4.69) is 15.1 Å². The molecule has 3 aromatic heterocycles. The van der Waals surface area contributed by atoms with Crippen LogP contribution in [0.5, 0.6) is 0 Å². The molecule has 4 aromatic rings. The number of rotatable bonds is 2. The molecule has 1 aromatic carbocycles. The highest BCUT2D eigenvalue weighted by atomic mass is 19.4. The van der Waals surface area contributed by atoms with Crippen LogP contribution in [-0.2, 0) is 12.4 Å². The molecule has 32 heavy (non-hydrogen) atoms. The number of nitrogens with zero attached hydrogens (tertiary/aromatic N) is 4. The number of fused-ring (bicyclic) bond motifs is 1. The summed E-state index contributed by atoms with van der Waals surface area (Å²) in [5.74, 6) is 0. The molecule has 0 unspecified atom stereocenters. The summed E-state index contributed by atoms with van der Waals surface area (Å²) in [6.07, 6.45) is -8.28. The van der Waals surface area contributed by atoms with Crippen LogP contribution in [0, 0.1) is 6.92 Å². The van der Waals surface area contributed by atoms with Gasteiger partial charge in [-0.05, 0) is 42.8 Å². The van der Waals surface area contributed by atoms with Gasteiger partial charge in [0.05, 0.1) is 17.0 Å². The van der Waals surface area contributed by atoms with E-state index in [1.54, 1.807) is 6.92 Å². The third-order valence-corrected chi connectivity index (χ3v) is 4.71. The molecule has 0 aliphatic carbocycles. The predicted molar refractivity (Wildman–Crippen MR) is 103 cm³/mol. The first-order valence-electron chi connectivity index (χ1n) is 9.07. The lowest BCUT2D eigenvalue weighted by atomic mass is 10.0. The molecule has 0 N–H and O–H groups in total. The van der Waals surface area contributed by atoms with E-state index in [-0.39, 0.29) is 16.9 Å². The van der Waals surface area contributed by atoms with Gasteiger partial charge in [-0.2, -0.15) is 36.0 Å². The zero-order valence-corrected chi connectivity index (χ0v) is 16.2. The second-order valence-electron chi connectivity index (χ2n) is 6.87. The van der Waals surface area contributed by atoms with Crippen molar-refractivity contribution in [2.24, 2.45) is 0 Å². The minimum absolute atomic E-state index is 0.0648. The molecule has 0 fully saturated rings. The summed E-state index contributed by atoms with van der Waals surface area (Å²) in [5.41, 5.74) is -2.36. The number of halogens is 6. The van der Waals surface area contributed by atoms with E-state index < -0.39 is 29.2 Å². The van der Waals surface area contributed by atoms with Crippen molar-refractivity contribution in [3.8, 4) is 22.4 Å². The molecule has 0 saturated heterocycles. The zero-order chi connectivity index (χ0) is 23.3. The van der Waals surface area contributed by atoms with Crippen LogP contribution < -0.4 is 5.56 Å². The molecule has 3 heterocycles. The highest BCUT2D eigenvalue weighted by Crippen LogP contribution is 2.35. The van der Waals surface area contributed by atoms with Crippen LogP contribution in [-0.4, -0.2) is 19.6 Å². The summed E-state index contributed by atoms with van der Waals surface area (Å²) in [7, 11) is 0. The van der Waals surface area contributed by atoms with Crippen molar-refractivity contribution in [1.82, 2.24) is 19.6 Å². The van der Waals surface area contributed by atoms with Crippen molar-refractivity contribution in [3.63, 3.8) is 0 Å². The van der Waals surface area contributed by atoms with Crippen molar-refractivity contribution < 1.29 is 26.3 Å². The summed E-state index contributed by atoms with van der Waals surface area (Å²) >= 11 is 0. The number of aromatic nitrogens is 4. The van der Waals surface area contributed by atoms with Gasteiger partial charge in [0.15, 0.2) is 11.3 Å². The molecule has 0 bridgehead atoms. The summed E-state index contributed by atoms with van der Waals surface area (Å²) < 4.78 is 79.4. The van der Waals surface area contributed by atoms with Gasteiger partial charge in [0.1, 0.15) is 0 Å². The molecule has 0 aliphatic heterocycles. The Morgan fingerprint density at radius 1 is 0.875 bits per heavy atom. The first-order valence-corrected chi connectivity index (χ1v) is 9.07. The van der Waals surface area contributed by atoms with Gasteiger partial charge in [0.2, 0.25) is 0 Å². The third-order valence-electron chi connectivity index (χ3n) is 4.71. The van der Waals surface area contributed by atoms with E-state index in [9.17, 15) is 31.1 Å². The second kappa shape index (κ2) is 7.43. The van der Waals surface area contributed by atoms with Crippen LogP contribution in [0.1, 0.15) is 17.0 Å². The maximum absolute atomic E-state index is 13.3.